The third kappa shape index (κ3) is 9.24. The summed E-state index contributed by atoms with van der Waals surface area (Å²) in [5.41, 5.74) is 1.75. The molecule has 2 N–H and O–H groups in total. The number of fused-ring (bicyclic) bond motifs is 1. The van der Waals surface area contributed by atoms with Crippen LogP contribution in [-0.2, 0) is 9.47 Å². The van der Waals surface area contributed by atoms with E-state index in [9.17, 15) is 18.0 Å². The molecule has 0 bridgehead atoms. The number of carbonyl (C=O) groups excluding carboxylic acids is 1. The van der Waals surface area contributed by atoms with Gasteiger partial charge in [0, 0.05) is 48.9 Å². The molecule has 2 heterocycles. The molecule has 1 aliphatic rings. The molecule has 1 fully saturated rings. The number of benzene rings is 2. The quantitative estimate of drug-likeness (QED) is 0.121. The van der Waals surface area contributed by atoms with E-state index < -0.39 is 24.4 Å². The Balaban J connectivity index is 1.62. The van der Waals surface area contributed by atoms with Gasteiger partial charge in [-0.15, -0.1) is 0 Å². The van der Waals surface area contributed by atoms with Crippen molar-refractivity contribution in [3.63, 3.8) is 0 Å². The van der Waals surface area contributed by atoms with E-state index in [0.29, 0.717) is 52.5 Å². The van der Waals surface area contributed by atoms with Crippen LogP contribution in [-0.4, -0.2) is 78.3 Å². The molecule has 1 aromatic heterocycles. The summed E-state index contributed by atoms with van der Waals surface area (Å²) >= 11 is 0. The zero-order chi connectivity index (χ0) is 35.1. The topological polar surface area (TPSA) is 110 Å². The van der Waals surface area contributed by atoms with Crippen LogP contribution in [0.3, 0.4) is 0 Å². The average molecular weight is 669 g/mol. The molecule has 1 saturated heterocycles. The zero-order valence-electron chi connectivity index (χ0n) is 28.1. The number of hydrogen-bond donors (Lipinski definition) is 2. The molecule has 1 aliphatic heterocycles. The standard InChI is InChI=1S/C35H43F3N6O4/c1-8-11-26(28-17-18-40-32(43-28)42-23-12-10-19-44(21-23)33(45)48-34(3,4)5)31(39-6)47-30-22(2)15-16-24-25(30)13-9-14-27(24)41-20-29(46-7)35(36,37)38/h8-9,11,13-18,23,29,41H,6,10,12,19-21H2,1-5,7H3,(H,40,42,43)/b11-8-,31-26-/t23-,29-/m0/s1. The fourth-order valence-electron chi connectivity index (χ4n) is 5.31. The molecule has 4 rings (SSSR count). The van der Waals surface area contributed by atoms with Crippen molar-refractivity contribution < 1.29 is 32.2 Å². The van der Waals surface area contributed by atoms with Gasteiger partial charge in [0.25, 0.3) is 0 Å². The number of anilines is 2. The van der Waals surface area contributed by atoms with Crippen LogP contribution in [0.2, 0.25) is 0 Å². The Morgan fingerprint density at radius 1 is 1.19 bits per heavy atom. The smallest absolute Gasteiger partial charge is 0.416 e. The highest BCUT2D eigenvalue weighted by molar-refractivity contribution is 5.98. The Hall–Kier alpha value is -4.65. The minimum Gasteiger partial charge on any atom is -0.444 e. The largest absolute Gasteiger partial charge is 0.444 e. The van der Waals surface area contributed by atoms with Crippen LogP contribution in [0.25, 0.3) is 16.3 Å². The normalized spacial score (nSPS) is 16.8. The van der Waals surface area contributed by atoms with Crippen LogP contribution >= 0.6 is 0 Å². The van der Waals surface area contributed by atoms with Crippen molar-refractivity contribution in [1.82, 2.24) is 14.9 Å². The van der Waals surface area contributed by atoms with E-state index >= 15 is 0 Å². The average Bonchev–Trinajstić information content (AvgIpc) is 3.02. The number of rotatable bonds is 11. The maximum absolute atomic E-state index is 13.3. The fourth-order valence-corrected chi connectivity index (χ4v) is 5.31. The fraction of sp³-hybridized carbons (Fsp3) is 0.429. The van der Waals surface area contributed by atoms with Gasteiger partial charge in [-0.1, -0.05) is 36.4 Å². The number of amides is 1. The zero-order valence-corrected chi connectivity index (χ0v) is 28.1. The predicted molar refractivity (Wildman–Crippen MR) is 182 cm³/mol. The van der Waals surface area contributed by atoms with Crippen LogP contribution in [0, 0.1) is 6.92 Å². The molecule has 48 heavy (non-hydrogen) atoms. The SMILES string of the molecule is C=N/C(Oc1c(C)ccc2c(NC[C@H](OC)C(F)(F)F)cccc12)=C(\C=C/C)c1ccnc(N[C@H]2CCCN(C(=O)OC(C)(C)C)C2)n1. The molecule has 10 nitrogen and oxygen atoms in total. The molecular weight excluding hydrogens is 625 g/mol. The molecule has 0 aliphatic carbocycles. The number of aliphatic imine (C=N–C) groups is 1. The predicted octanol–water partition coefficient (Wildman–Crippen LogP) is 7.76. The van der Waals surface area contributed by atoms with Crippen LogP contribution in [0.5, 0.6) is 5.75 Å². The number of halogens is 3. The van der Waals surface area contributed by atoms with Gasteiger partial charge in [0.05, 0.1) is 17.8 Å². The summed E-state index contributed by atoms with van der Waals surface area (Å²) in [7, 11) is 1.03. The molecule has 3 aromatic rings. The molecule has 0 radical (unpaired) electrons. The number of ether oxygens (including phenoxy) is 3. The third-order valence-corrected chi connectivity index (χ3v) is 7.58. The van der Waals surface area contributed by atoms with Crippen LogP contribution in [0.4, 0.5) is 29.6 Å². The number of piperidine rings is 1. The Labute approximate surface area is 279 Å². The number of methoxy groups -OCH3 is 1. The number of likely N-dealkylation sites (tertiary alicyclic amines) is 1. The van der Waals surface area contributed by atoms with Crippen LogP contribution in [0.15, 0.2) is 65.6 Å². The van der Waals surface area contributed by atoms with Crippen molar-refractivity contribution in [2.75, 3.05) is 37.4 Å². The molecule has 0 saturated carbocycles. The minimum absolute atomic E-state index is 0.0830. The van der Waals surface area contributed by atoms with Gasteiger partial charge in [-0.3, -0.25) is 0 Å². The number of alkyl halides is 3. The second-order valence-corrected chi connectivity index (χ2v) is 12.4. The summed E-state index contributed by atoms with van der Waals surface area (Å²) in [6, 6.07) is 10.6. The first-order chi connectivity index (χ1) is 22.7. The first-order valence-electron chi connectivity index (χ1n) is 15.7. The van der Waals surface area contributed by atoms with Gasteiger partial charge in [-0.2, -0.15) is 13.2 Å². The van der Waals surface area contributed by atoms with Gasteiger partial charge in [-0.05, 0) is 71.9 Å². The lowest BCUT2D eigenvalue weighted by atomic mass is 10.0. The van der Waals surface area contributed by atoms with Gasteiger partial charge in [0.1, 0.15) is 11.4 Å². The van der Waals surface area contributed by atoms with Gasteiger partial charge < -0.3 is 29.7 Å². The maximum Gasteiger partial charge on any atom is 0.416 e. The molecule has 2 atom stereocenters. The van der Waals surface area contributed by atoms with Crippen molar-refractivity contribution in [3.8, 4) is 5.75 Å². The van der Waals surface area contributed by atoms with Crippen LogP contribution in [0.1, 0.15) is 51.8 Å². The summed E-state index contributed by atoms with van der Waals surface area (Å²) < 4.78 is 56.6. The highest BCUT2D eigenvalue weighted by atomic mass is 19.4. The van der Waals surface area contributed by atoms with Crippen molar-refractivity contribution in [1.29, 1.82) is 0 Å². The summed E-state index contributed by atoms with van der Waals surface area (Å²) in [5.74, 6) is 1.02. The van der Waals surface area contributed by atoms with Gasteiger partial charge in [0.15, 0.2) is 6.10 Å². The van der Waals surface area contributed by atoms with Crippen molar-refractivity contribution in [2.45, 2.75) is 71.4 Å². The third-order valence-electron chi connectivity index (χ3n) is 7.58. The second-order valence-electron chi connectivity index (χ2n) is 12.4. The summed E-state index contributed by atoms with van der Waals surface area (Å²) in [6.07, 6.45) is 0.0447. The Morgan fingerprint density at radius 3 is 2.62 bits per heavy atom. The molecule has 258 valence electrons. The van der Waals surface area contributed by atoms with E-state index in [4.69, 9.17) is 14.5 Å². The van der Waals surface area contributed by atoms with Crippen molar-refractivity contribution in [3.05, 3.63) is 71.9 Å². The summed E-state index contributed by atoms with van der Waals surface area (Å²) in [6.45, 7) is 13.6. The van der Waals surface area contributed by atoms with Gasteiger partial charge in [-0.25, -0.2) is 19.8 Å². The summed E-state index contributed by atoms with van der Waals surface area (Å²) in [5, 5.41) is 7.55. The van der Waals surface area contributed by atoms with Gasteiger partial charge >= 0.3 is 12.3 Å². The second kappa shape index (κ2) is 15.5. The lowest BCUT2D eigenvalue weighted by Gasteiger charge is -2.34. The van der Waals surface area contributed by atoms with E-state index in [2.05, 4.69) is 32.1 Å². The maximum atomic E-state index is 13.3. The monoisotopic (exact) mass is 668 g/mol. The Bertz CT molecular complexity index is 1670. The Morgan fingerprint density at radius 2 is 1.96 bits per heavy atom. The molecule has 2 aromatic carbocycles. The van der Waals surface area contributed by atoms with E-state index in [1.165, 1.54) is 0 Å². The number of aryl methyl sites for hydroxylation is 1. The minimum atomic E-state index is -4.51. The highest BCUT2D eigenvalue weighted by Crippen LogP contribution is 2.36. The molecule has 1 amide bonds. The first-order valence-corrected chi connectivity index (χ1v) is 15.7. The molecule has 13 heteroatoms. The van der Waals surface area contributed by atoms with Crippen molar-refractivity contribution in [2.24, 2.45) is 4.99 Å². The number of nitrogens with zero attached hydrogens (tertiary/aromatic N) is 4. The van der Waals surface area contributed by atoms with E-state index in [1.807, 2.05) is 58.9 Å². The number of carbonyl (C=O) groups is 1. The summed E-state index contributed by atoms with van der Waals surface area (Å²) in [4.78, 5) is 27.7. The number of nitrogens with one attached hydrogen (secondary N) is 2. The number of hydrogen-bond acceptors (Lipinski definition) is 9. The van der Waals surface area contributed by atoms with E-state index in [0.717, 1.165) is 25.5 Å². The van der Waals surface area contributed by atoms with Gasteiger partial charge in [0.2, 0.25) is 11.8 Å². The number of allylic oxidation sites excluding steroid dienone is 3. The Kier molecular flexibility index (Phi) is 11.7. The lowest BCUT2D eigenvalue weighted by molar-refractivity contribution is -0.207. The van der Waals surface area contributed by atoms with E-state index in [-0.39, 0.29) is 18.0 Å². The highest BCUT2D eigenvalue weighted by Gasteiger charge is 2.39. The van der Waals surface area contributed by atoms with Crippen LogP contribution < -0.4 is 15.4 Å². The molecule has 0 unspecified atom stereocenters. The molecular formula is C35H43F3N6O4. The number of aromatic nitrogens is 2. The lowest BCUT2D eigenvalue weighted by Crippen LogP contribution is -2.47. The van der Waals surface area contributed by atoms with Crippen molar-refractivity contribution >= 4 is 40.8 Å². The van der Waals surface area contributed by atoms with E-state index in [1.54, 1.807) is 35.4 Å². The molecule has 0 spiro atoms. The first kappa shape index (κ1) is 36.2.